The number of aromatic nitrogens is 2. The lowest BCUT2D eigenvalue weighted by Gasteiger charge is -2.24. The van der Waals surface area contributed by atoms with Gasteiger partial charge in [-0.05, 0) is 34.3 Å². The van der Waals surface area contributed by atoms with E-state index in [1.54, 1.807) is 17.4 Å². The zero-order valence-corrected chi connectivity index (χ0v) is 12.0. The minimum atomic E-state index is 0.226. The SMILES string of the molecule is CC(c1cccs1)N(C)c1nc(N)cc(Br)n1. The standard InChI is InChI=1S/C11H13BrN4S/c1-7(8-4-3-5-17-8)16(2)11-14-9(12)6-10(13)15-11/h3-7H,1-2H3,(H2,13,14,15). The Labute approximate surface area is 113 Å². The molecule has 1 atom stereocenters. The number of halogens is 1. The van der Waals surface area contributed by atoms with Crippen molar-refractivity contribution in [3.05, 3.63) is 33.1 Å². The highest BCUT2D eigenvalue weighted by Crippen LogP contribution is 2.27. The number of nitrogens with zero attached hydrogens (tertiary/aromatic N) is 3. The van der Waals surface area contributed by atoms with Gasteiger partial charge in [0, 0.05) is 18.0 Å². The molecule has 0 amide bonds. The molecule has 0 aliphatic heterocycles. The van der Waals surface area contributed by atoms with Crippen LogP contribution in [-0.4, -0.2) is 17.0 Å². The first-order valence-corrected chi connectivity index (χ1v) is 6.81. The molecule has 2 N–H and O–H groups in total. The van der Waals surface area contributed by atoms with Crippen molar-refractivity contribution in [1.29, 1.82) is 0 Å². The molecule has 6 heteroatoms. The van der Waals surface area contributed by atoms with Crippen LogP contribution in [0.2, 0.25) is 0 Å². The van der Waals surface area contributed by atoms with E-state index in [4.69, 9.17) is 5.73 Å². The Balaban J connectivity index is 2.27. The molecular formula is C11H13BrN4S. The lowest BCUT2D eigenvalue weighted by molar-refractivity contribution is 0.727. The normalized spacial score (nSPS) is 12.4. The van der Waals surface area contributed by atoms with Gasteiger partial charge in [0.2, 0.25) is 5.95 Å². The smallest absolute Gasteiger partial charge is 0.228 e. The second-order valence-electron chi connectivity index (χ2n) is 3.72. The number of rotatable bonds is 3. The first-order valence-electron chi connectivity index (χ1n) is 5.14. The Hall–Kier alpha value is -1.14. The van der Waals surface area contributed by atoms with Crippen molar-refractivity contribution in [3.8, 4) is 0 Å². The summed E-state index contributed by atoms with van der Waals surface area (Å²) in [6.07, 6.45) is 0. The maximum absolute atomic E-state index is 5.71. The zero-order chi connectivity index (χ0) is 12.4. The van der Waals surface area contributed by atoms with Crippen molar-refractivity contribution in [1.82, 2.24) is 9.97 Å². The summed E-state index contributed by atoms with van der Waals surface area (Å²) >= 11 is 5.05. The van der Waals surface area contributed by atoms with E-state index in [1.165, 1.54) is 4.88 Å². The van der Waals surface area contributed by atoms with Crippen molar-refractivity contribution >= 4 is 39.0 Å². The van der Waals surface area contributed by atoms with Crippen LogP contribution in [0.3, 0.4) is 0 Å². The molecule has 2 aromatic rings. The van der Waals surface area contributed by atoms with Crippen LogP contribution >= 0.6 is 27.3 Å². The van der Waals surface area contributed by atoms with Crippen LogP contribution < -0.4 is 10.6 Å². The highest BCUT2D eigenvalue weighted by atomic mass is 79.9. The lowest BCUT2D eigenvalue weighted by atomic mass is 10.2. The summed E-state index contributed by atoms with van der Waals surface area (Å²) in [5.41, 5.74) is 5.71. The summed E-state index contributed by atoms with van der Waals surface area (Å²) in [6.45, 7) is 2.12. The Kier molecular flexibility index (Phi) is 3.63. The van der Waals surface area contributed by atoms with Gasteiger partial charge in [0.25, 0.3) is 0 Å². The van der Waals surface area contributed by atoms with Gasteiger partial charge in [-0.15, -0.1) is 11.3 Å². The minimum Gasteiger partial charge on any atom is -0.383 e. The third-order valence-corrected chi connectivity index (χ3v) is 4.00. The third-order valence-electron chi connectivity index (χ3n) is 2.55. The maximum Gasteiger partial charge on any atom is 0.228 e. The summed E-state index contributed by atoms with van der Waals surface area (Å²) in [5, 5.41) is 2.07. The van der Waals surface area contributed by atoms with Crippen LogP contribution in [0.15, 0.2) is 28.2 Å². The van der Waals surface area contributed by atoms with Gasteiger partial charge in [-0.2, -0.15) is 4.98 Å². The number of hydrogen-bond donors (Lipinski definition) is 1. The van der Waals surface area contributed by atoms with E-state index in [2.05, 4.69) is 44.3 Å². The second-order valence-corrected chi connectivity index (χ2v) is 5.51. The second kappa shape index (κ2) is 5.01. The molecule has 2 heterocycles. The molecule has 0 bridgehead atoms. The topological polar surface area (TPSA) is 55.0 Å². The summed E-state index contributed by atoms with van der Waals surface area (Å²) < 4.78 is 0.699. The highest BCUT2D eigenvalue weighted by Gasteiger charge is 2.16. The van der Waals surface area contributed by atoms with Crippen molar-refractivity contribution in [3.63, 3.8) is 0 Å². The number of nitrogens with two attached hydrogens (primary N) is 1. The number of hydrogen-bond acceptors (Lipinski definition) is 5. The van der Waals surface area contributed by atoms with Crippen molar-refractivity contribution in [2.75, 3.05) is 17.7 Å². The molecule has 0 saturated carbocycles. The predicted octanol–water partition coefficient (Wildman–Crippen LogP) is 3.08. The number of anilines is 2. The van der Waals surface area contributed by atoms with Gasteiger partial charge in [-0.25, -0.2) is 4.98 Å². The summed E-state index contributed by atoms with van der Waals surface area (Å²) in [4.78, 5) is 11.8. The minimum absolute atomic E-state index is 0.226. The Bertz CT molecular complexity index is 480. The van der Waals surface area contributed by atoms with E-state index < -0.39 is 0 Å². The van der Waals surface area contributed by atoms with Gasteiger partial charge in [0.15, 0.2) is 0 Å². The van der Waals surface area contributed by atoms with E-state index in [0.29, 0.717) is 16.4 Å². The van der Waals surface area contributed by atoms with Crippen LogP contribution in [0.4, 0.5) is 11.8 Å². The summed E-state index contributed by atoms with van der Waals surface area (Å²) in [7, 11) is 1.96. The Morgan fingerprint density at radius 1 is 1.47 bits per heavy atom. The molecule has 0 aliphatic carbocycles. The molecule has 0 saturated heterocycles. The molecule has 0 aromatic carbocycles. The maximum atomic E-state index is 5.71. The lowest BCUT2D eigenvalue weighted by Crippen LogP contribution is -2.23. The van der Waals surface area contributed by atoms with Crippen molar-refractivity contribution in [2.24, 2.45) is 0 Å². The monoisotopic (exact) mass is 312 g/mol. The van der Waals surface area contributed by atoms with E-state index in [9.17, 15) is 0 Å². The number of thiophene rings is 1. The molecule has 0 fully saturated rings. The van der Waals surface area contributed by atoms with Crippen LogP contribution in [0, 0.1) is 0 Å². The average molecular weight is 313 g/mol. The van der Waals surface area contributed by atoms with Crippen LogP contribution in [0.1, 0.15) is 17.8 Å². The fourth-order valence-corrected chi connectivity index (χ4v) is 2.69. The fraction of sp³-hybridized carbons (Fsp3) is 0.273. The van der Waals surface area contributed by atoms with Gasteiger partial charge < -0.3 is 10.6 Å². The van der Waals surface area contributed by atoms with Crippen LogP contribution in [-0.2, 0) is 0 Å². The highest BCUT2D eigenvalue weighted by molar-refractivity contribution is 9.10. The molecule has 1 unspecified atom stereocenters. The third kappa shape index (κ3) is 2.76. The predicted molar refractivity (Wildman–Crippen MR) is 75.3 cm³/mol. The van der Waals surface area contributed by atoms with Crippen LogP contribution in [0.5, 0.6) is 0 Å². The van der Waals surface area contributed by atoms with Crippen LogP contribution in [0.25, 0.3) is 0 Å². The zero-order valence-electron chi connectivity index (χ0n) is 9.59. The molecule has 4 nitrogen and oxygen atoms in total. The van der Waals surface area contributed by atoms with E-state index in [0.717, 1.165) is 0 Å². The Morgan fingerprint density at radius 3 is 2.82 bits per heavy atom. The Morgan fingerprint density at radius 2 is 2.24 bits per heavy atom. The molecule has 0 spiro atoms. The molecule has 0 radical (unpaired) electrons. The molecule has 17 heavy (non-hydrogen) atoms. The van der Waals surface area contributed by atoms with E-state index in [-0.39, 0.29) is 6.04 Å². The quantitative estimate of drug-likeness (QED) is 0.885. The molecule has 0 aliphatic rings. The van der Waals surface area contributed by atoms with Crippen molar-refractivity contribution < 1.29 is 0 Å². The summed E-state index contributed by atoms with van der Waals surface area (Å²) in [6, 6.07) is 6.06. The van der Waals surface area contributed by atoms with Gasteiger partial charge in [-0.1, -0.05) is 6.07 Å². The average Bonchev–Trinajstić information content (AvgIpc) is 2.79. The first-order chi connectivity index (χ1) is 8.08. The first kappa shape index (κ1) is 12.3. The number of nitrogen functional groups attached to an aromatic ring is 1. The summed E-state index contributed by atoms with van der Waals surface area (Å²) in [5.74, 6) is 1.09. The van der Waals surface area contributed by atoms with Gasteiger partial charge >= 0.3 is 0 Å². The van der Waals surface area contributed by atoms with Crippen molar-refractivity contribution in [2.45, 2.75) is 13.0 Å². The van der Waals surface area contributed by atoms with Gasteiger partial charge in [-0.3, -0.25) is 0 Å². The fourth-order valence-electron chi connectivity index (χ4n) is 1.47. The molecule has 90 valence electrons. The molecule has 2 aromatic heterocycles. The van der Waals surface area contributed by atoms with Gasteiger partial charge in [0.05, 0.1) is 6.04 Å². The van der Waals surface area contributed by atoms with E-state index >= 15 is 0 Å². The van der Waals surface area contributed by atoms with Gasteiger partial charge in [0.1, 0.15) is 10.4 Å². The largest absolute Gasteiger partial charge is 0.383 e. The molecule has 2 rings (SSSR count). The molecular weight excluding hydrogens is 300 g/mol. The van der Waals surface area contributed by atoms with E-state index in [1.807, 2.05) is 18.0 Å².